The van der Waals surface area contributed by atoms with Crippen LogP contribution in [0.2, 0.25) is 0 Å². The summed E-state index contributed by atoms with van der Waals surface area (Å²) in [6.07, 6.45) is 0.250. The molecule has 4 rings (SSSR count). The van der Waals surface area contributed by atoms with Gasteiger partial charge in [-0.1, -0.05) is 12.1 Å². The number of methoxy groups -OCH3 is 2. The molecule has 7 nitrogen and oxygen atoms in total. The molecule has 35 heavy (non-hydrogen) atoms. The Labute approximate surface area is 205 Å². The van der Waals surface area contributed by atoms with E-state index in [4.69, 9.17) is 19.2 Å². The molecule has 2 N–H and O–H groups in total. The summed E-state index contributed by atoms with van der Waals surface area (Å²) in [5.41, 5.74) is 5.72. The van der Waals surface area contributed by atoms with Crippen LogP contribution in [-0.2, 0) is 11.2 Å². The van der Waals surface area contributed by atoms with E-state index in [2.05, 4.69) is 16.7 Å². The van der Waals surface area contributed by atoms with E-state index in [0.717, 1.165) is 55.8 Å². The van der Waals surface area contributed by atoms with Gasteiger partial charge in [0.15, 0.2) is 0 Å². The van der Waals surface area contributed by atoms with Crippen LogP contribution in [0.3, 0.4) is 0 Å². The van der Waals surface area contributed by atoms with E-state index in [1.165, 1.54) is 0 Å². The zero-order valence-corrected chi connectivity index (χ0v) is 20.8. The maximum Gasteiger partial charge on any atom is 0.407 e. The molecule has 7 heteroatoms. The fraction of sp³-hybridized carbons (Fsp3) is 0.286. The Hall–Kier alpha value is -4.00. The summed E-state index contributed by atoms with van der Waals surface area (Å²) in [4.78, 5) is 16.5. The normalized spacial score (nSPS) is 11.0. The Balaban J connectivity index is 1.63. The molecule has 0 spiro atoms. The predicted molar refractivity (Wildman–Crippen MR) is 140 cm³/mol. The molecule has 0 saturated heterocycles. The van der Waals surface area contributed by atoms with Crippen molar-refractivity contribution < 1.29 is 19.0 Å². The summed E-state index contributed by atoms with van der Waals surface area (Å²) < 4.78 is 16.2. The number of benzene rings is 3. The molecular formula is C28H31N3O4. The molecule has 1 amide bonds. The third-order valence-corrected chi connectivity index (χ3v) is 5.75. The van der Waals surface area contributed by atoms with Crippen molar-refractivity contribution in [2.75, 3.05) is 26.1 Å². The van der Waals surface area contributed by atoms with E-state index < -0.39 is 6.09 Å². The third kappa shape index (κ3) is 5.57. The molecule has 0 bridgehead atoms. The lowest BCUT2D eigenvalue weighted by Gasteiger charge is -2.16. The molecule has 0 atom stereocenters. The topological polar surface area (TPSA) is 81.7 Å². The van der Waals surface area contributed by atoms with Crippen LogP contribution < -0.4 is 20.1 Å². The van der Waals surface area contributed by atoms with Crippen LogP contribution in [-0.4, -0.2) is 37.9 Å². The number of pyridine rings is 1. The Bertz CT molecular complexity index is 1350. The molecule has 3 aromatic carbocycles. The molecular weight excluding hydrogens is 442 g/mol. The van der Waals surface area contributed by atoms with Crippen molar-refractivity contribution in [1.29, 1.82) is 0 Å². The second kappa shape index (κ2) is 10.5. The van der Waals surface area contributed by atoms with Gasteiger partial charge >= 0.3 is 6.09 Å². The largest absolute Gasteiger partial charge is 0.497 e. The first-order valence-corrected chi connectivity index (χ1v) is 11.6. The summed E-state index contributed by atoms with van der Waals surface area (Å²) >= 11 is 0. The maximum absolute atomic E-state index is 11.7. The highest BCUT2D eigenvalue weighted by Crippen LogP contribution is 2.37. The lowest BCUT2D eigenvalue weighted by Crippen LogP contribution is -2.31. The molecule has 182 valence electrons. The van der Waals surface area contributed by atoms with Gasteiger partial charge in [-0.15, -0.1) is 0 Å². The first kappa shape index (κ1) is 24.1. The van der Waals surface area contributed by atoms with Crippen LogP contribution in [0.25, 0.3) is 21.8 Å². The molecule has 0 aliphatic heterocycles. The van der Waals surface area contributed by atoms with Gasteiger partial charge in [0.25, 0.3) is 0 Å². The lowest BCUT2D eigenvalue weighted by molar-refractivity contribution is 0.145. The van der Waals surface area contributed by atoms with Crippen LogP contribution in [0.15, 0.2) is 54.6 Å². The highest BCUT2D eigenvalue weighted by atomic mass is 16.5. The Morgan fingerprint density at radius 3 is 2.37 bits per heavy atom. The summed E-state index contributed by atoms with van der Waals surface area (Å²) in [6, 6.07) is 18.1. The van der Waals surface area contributed by atoms with Crippen LogP contribution in [0.4, 0.5) is 16.2 Å². The first-order chi connectivity index (χ1) is 16.9. The summed E-state index contributed by atoms with van der Waals surface area (Å²) in [6.45, 7) is 6.15. The van der Waals surface area contributed by atoms with Crippen molar-refractivity contribution in [3.63, 3.8) is 0 Å². The van der Waals surface area contributed by atoms with Gasteiger partial charge in [0.2, 0.25) is 0 Å². The highest BCUT2D eigenvalue weighted by Gasteiger charge is 2.13. The summed E-state index contributed by atoms with van der Waals surface area (Å²) in [7, 11) is 3.33. The molecule has 0 unspecified atom stereocenters. The fourth-order valence-corrected chi connectivity index (χ4v) is 3.98. The number of hydrogen-bond acceptors (Lipinski definition) is 6. The van der Waals surface area contributed by atoms with Crippen LogP contribution in [0, 0.1) is 6.92 Å². The Kier molecular flexibility index (Phi) is 7.25. The second-order valence-corrected chi connectivity index (χ2v) is 8.72. The molecule has 0 saturated carbocycles. The monoisotopic (exact) mass is 473 g/mol. The zero-order chi connectivity index (χ0) is 24.9. The van der Waals surface area contributed by atoms with E-state index >= 15 is 0 Å². The van der Waals surface area contributed by atoms with Crippen molar-refractivity contribution in [3.8, 4) is 11.5 Å². The first-order valence-electron chi connectivity index (χ1n) is 11.6. The van der Waals surface area contributed by atoms with Crippen molar-refractivity contribution in [2.24, 2.45) is 0 Å². The standard InChI is InChI=1S/C28H31N3O4/c1-17(2)29-28(32)35-13-12-19-6-8-20(9-7-19)30-27-22-14-18(3)26(34-5)16-25(22)31-24-11-10-21(33-4)15-23(24)27/h6-11,14-17H,12-13H2,1-5H3,(H,29,32)(H,30,31). The van der Waals surface area contributed by atoms with Crippen LogP contribution in [0.5, 0.6) is 11.5 Å². The SMILES string of the molecule is COc1ccc2nc3cc(OC)c(C)cc3c(Nc3ccc(CCOC(=O)NC(C)C)cc3)c2c1. The number of alkyl carbamates (subject to hydrolysis) is 1. The lowest BCUT2D eigenvalue weighted by atomic mass is 10.0. The number of amides is 1. The minimum absolute atomic E-state index is 0.0537. The van der Waals surface area contributed by atoms with Gasteiger partial charge in [0.05, 0.1) is 37.5 Å². The average Bonchev–Trinajstić information content (AvgIpc) is 2.84. The number of hydrogen-bond donors (Lipinski definition) is 2. The van der Waals surface area contributed by atoms with Crippen LogP contribution in [0.1, 0.15) is 25.0 Å². The Morgan fingerprint density at radius 1 is 0.943 bits per heavy atom. The number of ether oxygens (including phenoxy) is 3. The maximum atomic E-state index is 11.7. The number of fused-ring (bicyclic) bond motifs is 2. The smallest absolute Gasteiger partial charge is 0.407 e. The van der Waals surface area contributed by atoms with E-state index in [1.807, 2.05) is 69.3 Å². The number of anilines is 2. The number of aromatic nitrogens is 1. The molecule has 0 aliphatic rings. The number of carbonyl (C=O) groups excluding carboxylic acids is 1. The van der Waals surface area contributed by atoms with Crippen molar-refractivity contribution in [1.82, 2.24) is 10.3 Å². The third-order valence-electron chi connectivity index (χ3n) is 5.75. The fourth-order valence-electron chi connectivity index (χ4n) is 3.98. The number of nitrogens with zero attached hydrogens (tertiary/aromatic N) is 1. The van der Waals surface area contributed by atoms with Gasteiger partial charge in [-0.3, -0.25) is 0 Å². The van der Waals surface area contributed by atoms with Crippen molar-refractivity contribution >= 4 is 39.3 Å². The van der Waals surface area contributed by atoms with Gasteiger partial charge in [-0.05, 0) is 68.3 Å². The van der Waals surface area contributed by atoms with E-state index in [-0.39, 0.29) is 6.04 Å². The number of rotatable bonds is 8. The van der Waals surface area contributed by atoms with E-state index in [1.54, 1.807) is 14.2 Å². The molecule has 0 radical (unpaired) electrons. The van der Waals surface area contributed by atoms with Gasteiger partial charge in [-0.2, -0.15) is 0 Å². The van der Waals surface area contributed by atoms with Crippen molar-refractivity contribution in [2.45, 2.75) is 33.2 Å². The average molecular weight is 474 g/mol. The minimum atomic E-state index is -0.392. The van der Waals surface area contributed by atoms with Crippen molar-refractivity contribution in [3.05, 3.63) is 65.7 Å². The van der Waals surface area contributed by atoms with Crippen LogP contribution >= 0.6 is 0 Å². The van der Waals surface area contributed by atoms with E-state index in [0.29, 0.717) is 13.0 Å². The molecule has 0 fully saturated rings. The minimum Gasteiger partial charge on any atom is -0.497 e. The van der Waals surface area contributed by atoms with E-state index in [9.17, 15) is 4.79 Å². The van der Waals surface area contributed by atoms with Gasteiger partial charge in [0, 0.05) is 35.0 Å². The molecule has 4 aromatic rings. The Morgan fingerprint density at radius 2 is 1.69 bits per heavy atom. The summed E-state index contributed by atoms with van der Waals surface area (Å²) in [5, 5.41) is 8.28. The summed E-state index contributed by atoms with van der Waals surface area (Å²) in [5.74, 6) is 1.57. The number of nitrogens with one attached hydrogen (secondary N) is 2. The second-order valence-electron chi connectivity index (χ2n) is 8.72. The number of aryl methyl sites for hydroxylation is 1. The number of carbonyl (C=O) groups is 1. The quantitative estimate of drug-likeness (QED) is 0.299. The molecule has 1 aromatic heterocycles. The van der Waals surface area contributed by atoms with Gasteiger partial charge in [-0.25, -0.2) is 9.78 Å². The zero-order valence-electron chi connectivity index (χ0n) is 20.8. The highest BCUT2D eigenvalue weighted by molar-refractivity contribution is 6.09. The van der Waals surface area contributed by atoms with Gasteiger partial charge < -0.3 is 24.8 Å². The predicted octanol–water partition coefficient (Wildman–Crippen LogP) is 6.13. The molecule has 1 heterocycles. The molecule has 0 aliphatic carbocycles. The van der Waals surface area contributed by atoms with Gasteiger partial charge in [0.1, 0.15) is 11.5 Å².